The van der Waals surface area contributed by atoms with E-state index in [1.54, 1.807) is 36.4 Å². The summed E-state index contributed by atoms with van der Waals surface area (Å²) < 4.78 is 0. The molecule has 0 radical (unpaired) electrons. The largest absolute Gasteiger partial charge is 0.355 e. The summed E-state index contributed by atoms with van der Waals surface area (Å²) in [5, 5.41) is 14.9. The maximum Gasteiger partial charge on any atom is 0.233 e. The van der Waals surface area contributed by atoms with Gasteiger partial charge in [0.05, 0.1) is 11.3 Å². The number of rotatable bonds is 6. The van der Waals surface area contributed by atoms with Crippen LogP contribution in [-0.2, 0) is 16.0 Å². The van der Waals surface area contributed by atoms with Gasteiger partial charge in [-0.15, -0.1) is 0 Å². The fourth-order valence-electron chi connectivity index (χ4n) is 2.09. The first-order valence-electron chi connectivity index (χ1n) is 7.38. The lowest BCUT2D eigenvalue weighted by molar-refractivity contribution is -0.126. The van der Waals surface area contributed by atoms with E-state index in [0.29, 0.717) is 29.2 Å². The highest BCUT2D eigenvalue weighted by molar-refractivity contribution is 6.30. The molecule has 2 N–H and O–H groups in total. The minimum absolute atomic E-state index is 0.291. The lowest BCUT2D eigenvalue weighted by Crippen LogP contribution is -2.29. The van der Waals surface area contributed by atoms with E-state index < -0.39 is 5.91 Å². The van der Waals surface area contributed by atoms with E-state index in [4.69, 9.17) is 16.9 Å². The van der Waals surface area contributed by atoms with Gasteiger partial charge in [-0.2, -0.15) is 5.26 Å². The molecular weight excluding hydrogens is 326 g/mol. The summed E-state index contributed by atoms with van der Waals surface area (Å²) in [4.78, 5) is 23.7. The van der Waals surface area contributed by atoms with Crippen molar-refractivity contribution in [3.05, 3.63) is 64.7 Å². The monoisotopic (exact) mass is 341 g/mol. The Morgan fingerprint density at radius 2 is 1.75 bits per heavy atom. The summed E-state index contributed by atoms with van der Waals surface area (Å²) >= 11 is 5.81. The Morgan fingerprint density at radius 1 is 1.04 bits per heavy atom. The molecule has 2 aromatic rings. The normalized spacial score (nSPS) is 9.83. The Labute approximate surface area is 145 Å². The van der Waals surface area contributed by atoms with Gasteiger partial charge in [0.1, 0.15) is 12.5 Å². The van der Waals surface area contributed by atoms with E-state index in [2.05, 4.69) is 10.6 Å². The van der Waals surface area contributed by atoms with E-state index in [1.165, 1.54) is 0 Å². The molecule has 0 saturated carbocycles. The molecule has 6 heteroatoms. The molecule has 0 aliphatic heterocycles. The molecule has 0 aromatic heterocycles. The smallest absolute Gasteiger partial charge is 0.233 e. The molecule has 0 unspecified atom stereocenters. The Balaban J connectivity index is 1.76. The lowest BCUT2D eigenvalue weighted by Gasteiger charge is -2.08. The first kappa shape index (κ1) is 17.5. The number of nitrogens with one attached hydrogen (secondary N) is 2. The molecule has 5 nitrogen and oxygen atoms in total. The number of nitriles is 1. The van der Waals surface area contributed by atoms with Gasteiger partial charge in [-0.05, 0) is 36.2 Å². The van der Waals surface area contributed by atoms with Crippen molar-refractivity contribution in [2.75, 3.05) is 11.9 Å². The summed E-state index contributed by atoms with van der Waals surface area (Å²) in [6.07, 6.45) is 0.363. The van der Waals surface area contributed by atoms with Crippen LogP contribution >= 0.6 is 11.6 Å². The van der Waals surface area contributed by atoms with Gasteiger partial charge in [0.2, 0.25) is 11.8 Å². The van der Waals surface area contributed by atoms with E-state index in [9.17, 15) is 9.59 Å². The average molecular weight is 342 g/mol. The number of para-hydroxylation sites is 1. The summed E-state index contributed by atoms with van der Waals surface area (Å²) in [6, 6.07) is 16.0. The number of hydrogen-bond donors (Lipinski definition) is 2. The summed E-state index contributed by atoms with van der Waals surface area (Å²) in [5.74, 6) is -0.822. The number of halogens is 1. The van der Waals surface area contributed by atoms with Gasteiger partial charge >= 0.3 is 0 Å². The molecule has 0 saturated heterocycles. The predicted octanol–water partition coefficient (Wildman–Crippen LogP) is 2.90. The minimum atomic E-state index is -0.457. The van der Waals surface area contributed by atoms with Crippen molar-refractivity contribution in [2.24, 2.45) is 0 Å². The van der Waals surface area contributed by atoms with Gasteiger partial charge in [0.25, 0.3) is 0 Å². The third-order valence-corrected chi connectivity index (χ3v) is 3.54. The fourth-order valence-corrected chi connectivity index (χ4v) is 2.22. The second kappa shape index (κ2) is 8.70. The highest BCUT2D eigenvalue weighted by atomic mass is 35.5. The van der Waals surface area contributed by atoms with E-state index in [1.807, 2.05) is 18.2 Å². The first-order valence-corrected chi connectivity index (χ1v) is 7.76. The highest BCUT2D eigenvalue weighted by Gasteiger charge is 2.11. The van der Waals surface area contributed by atoms with Gasteiger partial charge < -0.3 is 10.6 Å². The zero-order chi connectivity index (χ0) is 17.4. The van der Waals surface area contributed by atoms with Crippen molar-refractivity contribution in [3.63, 3.8) is 0 Å². The van der Waals surface area contributed by atoms with Gasteiger partial charge in [-0.1, -0.05) is 35.9 Å². The average Bonchev–Trinajstić information content (AvgIpc) is 2.57. The summed E-state index contributed by atoms with van der Waals surface area (Å²) in [5.41, 5.74) is 1.81. The maximum atomic E-state index is 11.9. The Hall–Kier alpha value is -2.84. The molecule has 24 heavy (non-hydrogen) atoms. The molecule has 2 amide bonds. The SMILES string of the molecule is N#Cc1ccccc1NC(=O)CC(=O)NCCc1ccc(Cl)cc1. The zero-order valence-corrected chi connectivity index (χ0v) is 13.6. The molecule has 122 valence electrons. The van der Waals surface area contributed by atoms with Crippen LogP contribution in [0.3, 0.4) is 0 Å². The van der Waals surface area contributed by atoms with Crippen LogP contribution in [0.1, 0.15) is 17.5 Å². The van der Waals surface area contributed by atoms with Crippen molar-refractivity contribution in [1.82, 2.24) is 5.32 Å². The van der Waals surface area contributed by atoms with E-state index in [-0.39, 0.29) is 12.3 Å². The molecule has 0 fully saturated rings. The van der Waals surface area contributed by atoms with Crippen LogP contribution in [0.25, 0.3) is 0 Å². The van der Waals surface area contributed by atoms with E-state index >= 15 is 0 Å². The predicted molar refractivity (Wildman–Crippen MR) is 92.6 cm³/mol. The second-order valence-corrected chi connectivity index (χ2v) is 5.55. The van der Waals surface area contributed by atoms with Gasteiger partial charge in [0, 0.05) is 11.6 Å². The quantitative estimate of drug-likeness (QED) is 0.792. The number of carbonyl (C=O) groups is 2. The third kappa shape index (κ3) is 5.41. The Kier molecular flexibility index (Phi) is 6.35. The molecule has 2 rings (SSSR count). The van der Waals surface area contributed by atoms with Crippen LogP contribution in [0.5, 0.6) is 0 Å². The number of nitrogens with zero attached hydrogens (tertiary/aromatic N) is 1. The number of amides is 2. The van der Waals surface area contributed by atoms with Gasteiger partial charge in [-0.3, -0.25) is 9.59 Å². The standard InChI is InChI=1S/C18H16ClN3O2/c19-15-7-5-13(6-8-15)9-10-21-17(23)11-18(24)22-16-4-2-1-3-14(16)12-20/h1-8H,9-11H2,(H,21,23)(H,22,24). The molecule has 2 aromatic carbocycles. The Bertz CT molecular complexity index is 767. The van der Waals surface area contributed by atoms with Crippen LogP contribution in [0.15, 0.2) is 48.5 Å². The van der Waals surface area contributed by atoms with Crippen LogP contribution in [0.2, 0.25) is 5.02 Å². The zero-order valence-electron chi connectivity index (χ0n) is 12.9. The molecule has 0 heterocycles. The van der Waals surface area contributed by atoms with Gasteiger partial charge in [0.15, 0.2) is 0 Å². The molecule has 0 atom stereocenters. The third-order valence-electron chi connectivity index (χ3n) is 3.29. The van der Waals surface area contributed by atoms with Crippen LogP contribution < -0.4 is 10.6 Å². The number of hydrogen-bond acceptors (Lipinski definition) is 3. The molecule has 0 bridgehead atoms. The fraction of sp³-hybridized carbons (Fsp3) is 0.167. The number of benzene rings is 2. The summed E-state index contributed by atoms with van der Waals surface area (Å²) in [7, 11) is 0. The van der Waals surface area contributed by atoms with Crippen LogP contribution in [-0.4, -0.2) is 18.4 Å². The van der Waals surface area contributed by atoms with Crippen molar-refractivity contribution in [2.45, 2.75) is 12.8 Å². The van der Waals surface area contributed by atoms with E-state index in [0.717, 1.165) is 5.56 Å². The molecule has 0 spiro atoms. The Morgan fingerprint density at radius 3 is 2.46 bits per heavy atom. The first-order chi connectivity index (χ1) is 11.6. The second-order valence-electron chi connectivity index (χ2n) is 5.11. The molecule has 0 aliphatic rings. The van der Waals surface area contributed by atoms with Crippen molar-refractivity contribution in [1.29, 1.82) is 5.26 Å². The maximum absolute atomic E-state index is 11.9. The van der Waals surface area contributed by atoms with Crippen LogP contribution in [0, 0.1) is 11.3 Å². The minimum Gasteiger partial charge on any atom is -0.355 e. The van der Waals surface area contributed by atoms with Crippen molar-refractivity contribution in [3.8, 4) is 6.07 Å². The van der Waals surface area contributed by atoms with Crippen molar-refractivity contribution < 1.29 is 9.59 Å². The van der Waals surface area contributed by atoms with Crippen LogP contribution in [0.4, 0.5) is 5.69 Å². The topological polar surface area (TPSA) is 82.0 Å². The van der Waals surface area contributed by atoms with Gasteiger partial charge in [-0.25, -0.2) is 0 Å². The molecular formula is C18H16ClN3O2. The lowest BCUT2D eigenvalue weighted by atomic mass is 10.1. The summed E-state index contributed by atoms with van der Waals surface area (Å²) in [6.45, 7) is 0.433. The number of anilines is 1. The molecule has 0 aliphatic carbocycles. The highest BCUT2D eigenvalue weighted by Crippen LogP contribution is 2.13. The number of carbonyl (C=O) groups excluding carboxylic acids is 2. The van der Waals surface area contributed by atoms with Crippen molar-refractivity contribution >= 4 is 29.1 Å².